The van der Waals surface area contributed by atoms with Crippen molar-refractivity contribution >= 4 is 17.7 Å². The predicted molar refractivity (Wildman–Crippen MR) is 110 cm³/mol. The Labute approximate surface area is 160 Å². The van der Waals surface area contributed by atoms with Gasteiger partial charge in [-0.2, -0.15) is 0 Å². The molecule has 0 amide bonds. The molecule has 0 unspecified atom stereocenters. The minimum absolute atomic E-state index is 0.619. The molecular formula is C19H28N6S. The molecule has 0 atom stereocenters. The van der Waals surface area contributed by atoms with Crippen LogP contribution in [0.4, 0.5) is 0 Å². The van der Waals surface area contributed by atoms with Gasteiger partial charge in [-0.1, -0.05) is 37.3 Å². The van der Waals surface area contributed by atoms with Crippen LogP contribution in [-0.4, -0.2) is 46.1 Å². The average molecular weight is 373 g/mol. The molecule has 0 aliphatic rings. The molecule has 2 rings (SSSR count). The van der Waals surface area contributed by atoms with Gasteiger partial charge in [0.25, 0.3) is 0 Å². The van der Waals surface area contributed by atoms with E-state index in [0.717, 1.165) is 49.2 Å². The van der Waals surface area contributed by atoms with E-state index in [0.29, 0.717) is 6.54 Å². The molecule has 0 aliphatic heterocycles. The van der Waals surface area contributed by atoms with E-state index < -0.39 is 0 Å². The summed E-state index contributed by atoms with van der Waals surface area (Å²) in [5.74, 6) is 2.79. The van der Waals surface area contributed by atoms with E-state index in [-0.39, 0.29) is 0 Å². The predicted octanol–water partition coefficient (Wildman–Crippen LogP) is 2.74. The Morgan fingerprint density at radius 1 is 1.23 bits per heavy atom. The number of thioether (sulfide) groups is 1. The highest BCUT2D eigenvalue weighted by Gasteiger charge is 2.03. The summed E-state index contributed by atoms with van der Waals surface area (Å²) in [6, 6.07) is 10.4. The standard InChI is InChI=1S/C19H28N6S/c1-4-18-24-23-15-25(18)12-10-20-19(22-14-16(2)3)21-11-13-26-17-8-6-5-7-9-17/h5-9,15H,2,4,10-14H2,1,3H3,(H2,20,21,22). The van der Waals surface area contributed by atoms with Gasteiger partial charge in [-0.25, -0.2) is 4.99 Å². The molecule has 26 heavy (non-hydrogen) atoms. The Morgan fingerprint density at radius 3 is 2.73 bits per heavy atom. The van der Waals surface area contributed by atoms with Gasteiger partial charge in [-0.05, 0) is 19.1 Å². The van der Waals surface area contributed by atoms with E-state index in [1.165, 1.54) is 4.90 Å². The fourth-order valence-electron chi connectivity index (χ4n) is 2.28. The van der Waals surface area contributed by atoms with Gasteiger partial charge < -0.3 is 15.2 Å². The highest BCUT2D eigenvalue weighted by Crippen LogP contribution is 2.15. The van der Waals surface area contributed by atoms with Crippen molar-refractivity contribution in [2.24, 2.45) is 4.99 Å². The summed E-state index contributed by atoms with van der Waals surface area (Å²) in [6.45, 7) is 11.0. The second kappa shape index (κ2) is 11.4. The highest BCUT2D eigenvalue weighted by atomic mass is 32.2. The van der Waals surface area contributed by atoms with Gasteiger partial charge in [0.1, 0.15) is 12.2 Å². The number of guanidine groups is 1. The molecule has 0 fully saturated rings. The van der Waals surface area contributed by atoms with Crippen molar-refractivity contribution in [3.05, 3.63) is 54.6 Å². The molecule has 2 aromatic rings. The zero-order chi connectivity index (χ0) is 18.6. The van der Waals surface area contributed by atoms with Gasteiger partial charge in [-0.15, -0.1) is 22.0 Å². The third kappa shape index (κ3) is 7.31. The number of benzene rings is 1. The van der Waals surface area contributed by atoms with Crippen LogP contribution in [-0.2, 0) is 13.0 Å². The first-order chi connectivity index (χ1) is 12.7. The lowest BCUT2D eigenvalue weighted by Crippen LogP contribution is -2.40. The number of aliphatic imine (C=N–C) groups is 1. The lowest BCUT2D eigenvalue weighted by atomic mass is 10.4. The molecule has 0 aliphatic carbocycles. The smallest absolute Gasteiger partial charge is 0.191 e. The fraction of sp³-hybridized carbons (Fsp3) is 0.421. The van der Waals surface area contributed by atoms with Crippen molar-refractivity contribution < 1.29 is 0 Å². The van der Waals surface area contributed by atoms with Crippen molar-refractivity contribution in [2.45, 2.75) is 31.7 Å². The third-order valence-corrected chi connectivity index (χ3v) is 4.58. The lowest BCUT2D eigenvalue weighted by molar-refractivity contribution is 0.633. The van der Waals surface area contributed by atoms with Gasteiger partial charge in [0.2, 0.25) is 0 Å². The maximum Gasteiger partial charge on any atom is 0.191 e. The molecule has 0 spiro atoms. The molecule has 6 nitrogen and oxygen atoms in total. The van der Waals surface area contributed by atoms with Crippen molar-refractivity contribution in [1.29, 1.82) is 0 Å². The van der Waals surface area contributed by atoms with Crippen LogP contribution in [0.3, 0.4) is 0 Å². The number of aromatic nitrogens is 3. The van der Waals surface area contributed by atoms with E-state index in [9.17, 15) is 0 Å². The molecule has 2 N–H and O–H groups in total. The number of rotatable bonds is 10. The van der Waals surface area contributed by atoms with Crippen LogP contribution in [0.25, 0.3) is 0 Å². The third-order valence-electron chi connectivity index (χ3n) is 3.57. The molecule has 1 aromatic carbocycles. The summed E-state index contributed by atoms with van der Waals surface area (Å²) < 4.78 is 2.06. The lowest BCUT2D eigenvalue weighted by Gasteiger charge is -2.13. The van der Waals surface area contributed by atoms with E-state index in [1.54, 1.807) is 6.33 Å². The zero-order valence-electron chi connectivity index (χ0n) is 15.6. The van der Waals surface area contributed by atoms with Crippen LogP contribution in [0.5, 0.6) is 0 Å². The molecule has 0 saturated heterocycles. The first-order valence-electron chi connectivity index (χ1n) is 8.90. The molecule has 1 heterocycles. The van der Waals surface area contributed by atoms with Gasteiger partial charge in [0.05, 0.1) is 6.54 Å². The highest BCUT2D eigenvalue weighted by molar-refractivity contribution is 7.99. The maximum absolute atomic E-state index is 4.57. The largest absolute Gasteiger partial charge is 0.356 e. The van der Waals surface area contributed by atoms with E-state index in [4.69, 9.17) is 0 Å². The minimum Gasteiger partial charge on any atom is -0.356 e. The topological polar surface area (TPSA) is 67.1 Å². The average Bonchev–Trinajstić information content (AvgIpc) is 3.11. The molecule has 140 valence electrons. The fourth-order valence-corrected chi connectivity index (χ4v) is 3.07. The van der Waals surface area contributed by atoms with Crippen molar-refractivity contribution in [2.75, 3.05) is 25.4 Å². The number of nitrogens with zero attached hydrogens (tertiary/aromatic N) is 4. The molecule has 0 bridgehead atoms. The Hall–Kier alpha value is -2.28. The zero-order valence-corrected chi connectivity index (χ0v) is 16.4. The number of hydrogen-bond donors (Lipinski definition) is 2. The summed E-state index contributed by atoms with van der Waals surface area (Å²) >= 11 is 1.83. The van der Waals surface area contributed by atoms with Gasteiger partial charge >= 0.3 is 0 Å². The number of hydrogen-bond acceptors (Lipinski definition) is 4. The van der Waals surface area contributed by atoms with Gasteiger partial charge in [-0.3, -0.25) is 0 Å². The van der Waals surface area contributed by atoms with Crippen LogP contribution < -0.4 is 10.6 Å². The summed E-state index contributed by atoms with van der Waals surface area (Å²) in [5, 5.41) is 14.8. The molecule has 0 saturated carbocycles. The van der Waals surface area contributed by atoms with Crippen molar-refractivity contribution in [3.63, 3.8) is 0 Å². The van der Waals surface area contributed by atoms with Crippen LogP contribution in [0, 0.1) is 0 Å². The van der Waals surface area contributed by atoms with Crippen LogP contribution in [0.15, 0.2) is 58.7 Å². The van der Waals surface area contributed by atoms with Crippen LogP contribution in [0.1, 0.15) is 19.7 Å². The maximum atomic E-state index is 4.57. The van der Waals surface area contributed by atoms with E-state index >= 15 is 0 Å². The Kier molecular flexibility index (Phi) is 8.75. The van der Waals surface area contributed by atoms with E-state index in [1.807, 2.05) is 24.8 Å². The summed E-state index contributed by atoms with van der Waals surface area (Å²) in [7, 11) is 0. The van der Waals surface area contributed by atoms with E-state index in [2.05, 4.69) is 68.2 Å². The Morgan fingerprint density at radius 2 is 2.00 bits per heavy atom. The van der Waals surface area contributed by atoms with Crippen LogP contribution >= 0.6 is 11.8 Å². The van der Waals surface area contributed by atoms with Gasteiger partial charge in [0.15, 0.2) is 5.96 Å². The second-order valence-electron chi connectivity index (χ2n) is 5.93. The monoisotopic (exact) mass is 372 g/mol. The number of nitrogens with one attached hydrogen (secondary N) is 2. The molecule has 7 heteroatoms. The quantitative estimate of drug-likeness (QED) is 0.221. The normalized spacial score (nSPS) is 11.4. The van der Waals surface area contributed by atoms with Gasteiger partial charge in [0, 0.05) is 36.7 Å². The summed E-state index contributed by atoms with van der Waals surface area (Å²) in [5.41, 5.74) is 1.04. The number of aryl methyl sites for hydroxylation is 1. The Bertz CT molecular complexity index is 695. The summed E-state index contributed by atoms with van der Waals surface area (Å²) in [4.78, 5) is 5.85. The van der Waals surface area contributed by atoms with Crippen LogP contribution in [0.2, 0.25) is 0 Å². The molecular weight excluding hydrogens is 344 g/mol. The van der Waals surface area contributed by atoms with Crippen molar-refractivity contribution in [3.8, 4) is 0 Å². The SMILES string of the molecule is C=C(C)CN=C(NCCSc1ccccc1)NCCn1cnnc1CC. The first-order valence-corrected chi connectivity index (χ1v) is 9.88. The summed E-state index contributed by atoms with van der Waals surface area (Å²) in [6.07, 6.45) is 2.65. The minimum atomic E-state index is 0.619. The Balaban J connectivity index is 1.77. The molecule has 1 aromatic heterocycles. The molecule has 0 radical (unpaired) electrons. The first kappa shape index (κ1) is 20.0. The van der Waals surface area contributed by atoms with Crippen molar-refractivity contribution in [1.82, 2.24) is 25.4 Å². The second-order valence-corrected chi connectivity index (χ2v) is 7.10.